The van der Waals surface area contributed by atoms with E-state index in [9.17, 15) is 0 Å². The van der Waals surface area contributed by atoms with Gasteiger partial charge in [0.25, 0.3) is 0 Å². The molecule has 0 fully saturated rings. The minimum atomic E-state index is 1.16. The van der Waals surface area contributed by atoms with E-state index in [2.05, 4.69) is 534 Å². The quantitative estimate of drug-likeness (QED) is 0.0429. The highest BCUT2D eigenvalue weighted by molar-refractivity contribution is 5.83. The van der Waals surface area contributed by atoms with Crippen LogP contribution in [0.4, 0.5) is 0 Å². The maximum atomic E-state index is 2.17. The Kier molecular flexibility index (Phi) is 27.0. The molecule has 0 bridgehead atoms. The number of hydrogen-bond donors (Lipinski definition) is 0. The first kappa shape index (κ1) is 78.0. The van der Waals surface area contributed by atoms with E-state index < -0.39 is 0 Å². The zero-order valence-corrected chi connectivity index (χ0v) is 66.0. The highest BCUT2D eigenvalue weighted by Gasteiger charge is 2.02. The Balaban J connectivity index is 0.438. The van der Waals surface area contributed by atoms with Crippen molar-refractivity contribution < 1.29 is 0 Å². The summed E-state index contributed by atoms with van der Waals surface area (Å²) >= 11 is 0. The molecule has 118 heavy (non-hydrogen) atoms. The number of hydrogen-bond acceptors (Lipinski definition) is 0. The molecular weight excluding hydrogens is 1420 g/mol. The van der Waals surface area contributed by atoms with Gasteiger partial charge in [-0.15, -0.1) is 0 Å². The fraction of sp³-hybridized carbons (Fsp3) is 0. The van der Waals surface area contributed by atoms with Gasteiger partial charge >= 0.3 is 0 Å². The Labute approximate surface area is 697 Å². The van der Waals surface area contributed by atoms with Crippen LogP contribution in [0.1, 0.15) is 156 Å². The zero-order valence-electron chi connectivity index (χ0n) is 66.0. The Morgan fingerprint density at radius 1 is 0.0593 bits per heavy atom. The highest BCUT2D eigenvalue weighted by atomic mass is 14.1. The van der Waals surface area contributed by atoms with Gasteiger partial charge in [-0.2, -0.15) is 0 Å². The van der Waals surface area contributed by atoms with Crippen LogP contribution in [-0.4, -0.2) is 0 Å². The van der Waals surface area contributed by atoms with Crippen LogP contribution >= 0.6 is 0 Å². The van der Waals surface area contributed by atoms with E-state index in [1.165, 1.54) is 55.6 Å². The van der Waals surface area contributed by atoms with Crippen LogP contribution in [-0.2, 0) is 0 Å². The summed E-state index contributed by atoms with van der Waals surface area (Å²) in [5.41, 5.74) is 32.7. The van der Waals surface area contributed by atoms with Crippen LogP contribution in [0, 0.1) is 0 Å². The average molecular weight is 1510 g/mol. The minimum Gasteiger partial charge on any atom is -0.0622 e. The second-order valence-electron chi connectivity index (χ2n) is 29.2. The molecular formula is C118H90. The lowest BCUT2D eigenvalue weighted by atomic mass is 10.1. The van der Waals surface area contributed by atoms with Gasteiger partial charge in [-0.3, -0.25) is 0 Å². The van der Waals surface area contributed by atoms with E-state index in [1.807, 2.05) is 12.1 Å². The molecule has 0 aliphatic carbocycles. The molecule has 0 aromatic heterocycles. The normalized spacial score (nSPS) is 12.3. The largest absolute Gasteiger partial charge is 0.0622 e. The van der Waals surface area contributed by atoms with Crippen LogP contribution in [0.25, 0.3) is 170 Å². The van der Waals surface area contributed by atoms with Gasteiger partial charge in [-0.1, -0.05) is 546 Å². The van der Waals surface area contributed by atoms with Crippen LogP contribution in [0.5, 0.6) is 0 Å². The summed E-state index contributed by atoms with van der Waals surface area (Å²) in [6.07, 6.45) is 60.6. The molecule has 0 aliphatic rings. The molecule has 0 heterocycles. The standard InChI is InChI=1S/C118H90/c1-3-7-91(8-4-1)11-13-93-15-19-95(20-16-93)23-25-97-27-31-99(32-28-97)35-37-101-39-43-103(44-40-101)47-49-105-51-55-107(56-52-105)59-61-109-63-67-111(68-64-109)71-73-113-75-79-115(80-76-113)83-85-117-87-89-118(90-88-117)86-84-116-81-77-114(78-82-116)74-72-112-69-65-110(66-70-112)62-60-108-57-53-106(54-58-108)50-48-104-45-41-102(42-46-104)38-36-100-33-29-98(30-34-100)26-24-96-21-17-94(18-22-96)14-12-92-9-5-2-6-10-92/h1-90H/b13-11+,14-12+,25-23+,26-24+,37-35+,38-36+,49-47+,50-48+,61-59+,62-60+,73-71-,74-72+,85-83+,86-84+. The molecule has 0 saturated carbocycles. The Bertz CT molecular complexity index is 5730. The topological polar surface area (TPSA) is 0 Å². The molecule has 0 spiro atoms. The molecule has 562 valence electrons. The summed E-state index contributed by atoms with van der Waals surface area (Å²) in [6.45, 7) is 0. The van der Waals surface area contributed by atoms with Crippen molar-refractivity contribution >= 4 is 170 Å². The molecule has 0 unspecified atom stereocenters. The van der Waals surface area contributed by atoms with E-state index in [0.717, 1.165) is 100 Å². The molecule has 0 amide bonds. The summed E-state index contributed by atoms with van der Waals surface area (Å²) in [6, 6.07) is 133. The van der Waals surface area contributed by atoms with Gasteiger partial charge in [0, 0.05) is 0 Å². The van der Waals surface area contributed by atoms with Crippen LogP contribution < -0.4 is 0 Å². The smallest absolute Gasteiger partial charge is 0.0256 e. The Morgan fingerprint density at radius 2 is 0.110 bits per heavy atom. The van der Waals surface area contributed by atoms with Gasteiger partial charge in [0.1, 0.15) is 0 Å². The van der Waals surface area contributed by atoms with Crippen molar-refractivity contribution in [2.24, 2.45) is 0 Å². The predicted molar refractivity (Wildman–Crippen MR) is 522 cm³/mol. The van der Waals surface area contributed by atoms with Crippen molar-refractivity contribution in [2.75, 3.05) is 0 Å². The highest BCUT2D eigenvalue weighted by Crippen LogP contribution is 2.24. The van der Waals surface area contributed by atoms with E-state index >= 15 is 0 Å². The third kappa shape index (κ3) is 24.8. The summed E-state index contributed by atoms with van der Waals surface area (Å²) < 4.78 is 0. The van der Waals surface area contributed by atoms with Gasteiger partial charge in [0.05, 0.1) is 0 Å². The second kappa shape index (κ2) is 40.9. The fourth-order valence-electron chi connectivity index (χ4n) is 13.2. The van der Waals surface area contributed by atoms with Crippen LogP contribution in [0.3, 0.4) is 0 Å². The number of benzene rings is 15. The monoisotopic (exact) mass is 1510 g/mol. The van der Waals surface area contributed by atoms with Crippen molar-refractivity contribution in [1.82, 2.24) is 0 Å². The van der Waals surface area contributed by atoms with Crippen molar-refractivity contribution in [3.63, 3.8) is 0 Å². The Hall–Kier alpha value is -15.3. The molecule has 0 N–H and O–H groups in total. The molecule has 0 atom stereocenters. The molecule has 15 aromatic rings. The lowest BCUT2D eigenvalue weighted by molar-refractivity contribution is 1.59. The summed E-state index contributed by atoms with van der Waals surface area (Å²) in [7, 11) is 0. The molecule has 15 aromatic carbocycles. The third-order valence-corrected chi connectivity index (χ3v) is 20.3. The van der Waals surface area contributed by atoms with E-state index in [1.54, 1.807) is 0 Å². The van der Waals surface area contributed by atoms with Crippen LogP contribution in [0.2, 0.25) is 0 Å². The second-order valence-corrected chi connectivity index (χ2v) is 29.2. The lowest BCUT2D eigenvalue weighted by Crippen LogP contribution is -1.79. The first-order valence-electron chi connectivity index (χ1n) is 40.2. The van der Waals surface area contributed by atoms with Crippen molar-refractivity contribution in [3.8, 4) is 0 Å². The van der Waals surface area contributed by atoms with Gasteiger partial charge in [-0.05, 0) is 156 Å². The SMILES string of the molecule is C(=C/c1ccc(/C=C/c2ccc(/C=C/c3ccc(/C=C/c4ccc(/C=C/c5ccc(/C=C/c6ccc(/C=C/c7ccc(/C=C/c8ccc(/C=C/c9ccccc9)cc8)cc7)cc6)cc5)cc4)cc3)cc2)cc1)/c1ccc(/C=C/c2ccc(/C=C/c3ccc(/C=C/c4ccc(/C=C/c5ccc(/C=C/c6ccccc6)cc5)cc4)cc3)cc2)cc1. The summed E-state index contributed by atoms with van der Waals surface area (Å²) in [5, 5.41) is 0. The molecule has 0 radical (unpaired) electrons. The summed E-state index contributed by atoms with van der Waals surface area (Å²) in [4.78, 5) is 0. The van der Waals surface area contributed by atoms with Gasteiger partial charge in [0.2, 0.25) is 0 Å². The first-order chi connectivity index (χ1) is 58.3. The molecule has 0 saturated heterocycles. The fourth-order valence-corrected chi connectivity index (χ4v) is 13.2. The maximum absolute atomic E-state index is 2.17. The lowest BCUT2D eigenvalue weighted by Gasteiger charge is -2.00. The summed E-state index contributed by atoms with van der Waals surface area (Å²) in [5.74, 6) is 0. The molecule has 0 heteroatoms. The minimum absolute atomic E-state index is 1.16. The first-order valence-corrected chi connectivity index (χ1v) is 40.2. The van der Waals surface area contributed by atoms with E-state index in [0.29, 0.717) is 0 Å². The van der Waals surface area contributed by atoms with Crippen molar-refractivity contribution in [1.29, 1.82) is 0 Å². The third-order valence-electron chi connectivity index (χ3n) is 20.3. The Morgan fingerprint density at radius 3 is 0.169 bits per heavy atom. The zero-order chi connectivity index (χ0) is 79.8. The molecule has 0 nitrogen and oxygen atoms in total. The molecule has 0 aliphatic heterocycles. The van der Waals surface area contributed by atoms with Gasteiger partial charge < -0.3 is 0 Å². The van der Waals surface area contributed by atoms with Crippen LogP contribution in [0.15, 0.2) is 376 Å². The number of rotatable bonds is 28. The van der Waals surface area contributed by atoms with E-state index in [-0.39, 0.29) is 0 Å². The van der Waals surface area contributed by atoms with Crippen molar-refractivity contribution in [3.05, 3.63) is 532 Å². The predicted octanol–water partition coefficient (Wildman–Crippen LogP) is 32.1. The maximum Gasteiger partial charge on any atom is -0.0256 e. The molecule has 15 rings (SSSR count). The van der Waals surface area contributed by atoms with E-state index in [4.69, 9.17) is 0 Å². The average Bonchev–Trinajstić information content (AvgIpc) is 0.854. The van der Waals surface area contributed by atoms with Gasteiger partial charge in [-0.25, -0.2) is 0 Å². The van der Waals surface area contributed by atoms with Crippen molar-refractivity contribution in [2.45, 2.75) is 0 Å². The van der Waals surface area contributed by atoms with Gasteiger partial charge in [0.15, 0.2) is 0 Å².